The van der Waals surface area contributed by atoms with Gasteiger partial charge >= 0.3 is 12.1 Å². The minimum Gasteiger partial charge on any atom is -0.459 e. The first-order valence-corrected chi connectivity index (χ1v) is 16.0. The molecule has 0 bridgehead atoms. The largest absolute Gasteiger partial charge is 0.459 e. The predicted molar refractivity (Wildman–Crippen MR) is 166 cm³/mol. The van der Waals surface area contributed by atoms with E-state index in [0.717, 1.165) is 43.1 Å². The maximum atomic E-state index is 14.6. The average molecular weight is 628 g/mol. The van der Waals surface area contributed by atoms with Gasteiger partial charge in [0.1, 0.15) is 17.5 Å². The van der Waals surface area contributed by atoms with Gasteiger partial charge in [0.05, 0.1) is 31.8 Å². The van der Waals surface area contributed by atoms with Gasteiger partial charge in [-0.3, -0.25) is 19.7 Å². The lowest BCUT2D eigenvalue weighted by Gasteiger charge is -2.36. The van der Waals surface area contributed by atoms with Crippen molar-refractivity contribution in [2.45, 2.75) is 102 Å². The maximum absolute atomic E-state index is 14.6. The lowest BCUT2D eigenvalue weighted by molar-refractivity contribution is -0.153. The van der Waals surface area contributed by atoms with Crippen LogP contribution in [0.2, 0.25) is 0 Å². The summed E-state index contributed by atoms with van der Waals surface area (Å²) >= 11 is 0. The Kier molecular flexibility index (Phi) is 9.71. The Morgan fingerprint density at radius 2 is 1.82 bits per heavy atom. The van der Waals surface area contributed by atoms with Crippen LogP contribution in [-0.4, -0.2) is 95.2 Å². The molecule has 3 heterocycles. The molecule has 1 aromatic heterocycles. The molecular formula is C33H46FN5O6. The standard InChI is InChI=1S/C33H46FN5O6/c1-19(35-17-27(40)45-33(2,3)4)30(41)37-28(20-9-7-6-8-10-20)31(42)38-14-13-26-29(38)24(18-39(26)32(43)44-5)23-16-36-25-15-21(34)11-12-22(23)25/h11-12,15-16,19-20,24,26,28-29,35-36H,6-10,13-14,17-18H2,1-5H3,(H,37,41). The summed E-state index contributed by atoms with van der Waals surface area (Å²) in [5, 5.41) is 6.82. The molecule has 3 fully saturated rings. The van der Waals surface area contributed by atoms with Gasteiger partial charge in [0.15, 0.2) is 0 Å². The number of esters is 1. The molecule has 2 aromatic rings. The second-order valence-electron chi connectivity index (χ2n) is 13.6. The number of ether oxygens (including phenoxy) is 2. The summed E-state index contributed by atoms with van der Waals surface area (Å²) in [7, 11) is 1.35. The van der Waals surface area contributed by atoms with E-state index in [4.69, 9.17) is 9.47 Å². The van der Waals surface area contributed by atoms with E-state index in [1.54, 1.807) is 38.7 Å². The van der Waals surface area contributed by atoms with Gasteiger partial charge in [-0.25, -0.2) is 9.18 Å². The third kappa shape index (κ3) is 7.10. The number of H-pyrrole nitrogens is 1. The summed E-state index contributed by atoms with van der Waals surface area (Å²) in [4.78, 5) is 59.8. The highest BCUT2D eigenvalue weighted by atomic mass is 19.1. The Bertz CT molecular complexity index is 1420. The van der Waals surface area contributed by atoms with Crippen LogP contribution in [-0.2, 0) is 23.9 Å². The number of halogens is 1. The van der Waals surface area contributed by atoms with Gasteiger partial charge in [-0.05, 0) is 76.6 Å². The Balaban J connectivity index is 1.39. The van der Waals surface area contributed by atoms with Crippen LogP contribution in [0.15, 0.2) is 24.4 Å². The summed E-state index contributed by atoms with van der Waals surface area (Å²) in [5.74, 6) is -1.61. The molecule has 1 aromatic carbocycles. The normalized spacial score (nSPS) is 23.5. The van der Waals surface area contributed by atoms with E-state index in [1.165, 1.54) is 19.2 Å². The Hall–Kier alpha value is -3.67. The van der Waals surface area contributed by atoms with Gasteiger partial charge in [-0.15, -0.1) is 0 Å². The molecule has 246 valence electrons. The van der Waals surface area contributed by atoms with Crippen molar-refractivity contribution in [2.75, 3.05) is 26.7 Å². The fourth-order valence-electron chi connectivity index (χ4n) is 7.39. The van der Waals surface area contributed by atoms with Crippen LogP contribution < -0.4 is 10.6 Å². The summed E-state index contributed by atoms with van der Waals surface area (Å²) < 4.78 is 24.5. The first kappa shape index (κ1) is 32.7. The van der Waals surface area contributed by atoms with Gasteiger partial charge in [0.2, 0.25) is 11.8 Å². The number of hydrogen-bond donors (Lipinski definition) is 3. The minimum atomic E-state index is -0.743. The summed E-state index contributed by atoms with van der Waals surface area (Å²) in [6, 6.07) is 2.50. The van der Waals surface area contributed by atoms with Gasteiger partial charge in [-0.1, -0.05) is 19.3 Å². The molecule has 5 unspecified atom stereocenters. The van der Waals surface area contributed by atoms with E-state index < -0.39 is 29.7 Å². The van der Waals surface area contributed by atoms with Crippen LogP contribution in [0.3, 0.4) is 0 Å². The van der Waals surface area contributed by atoms with Gasteiger partial charge in [0.25, 0.3) is 0 Å². The first-order valence-electron chi connectivity index (χ1n) is 16.0. The number of nitrogens with one attached hydrogen (secondary N) is 3. The van der Waals surface area contributed by atoms with Crippen molar-refractivity contribution >= 4 is 34.8 Å². The van der Waals surface area contributed by atoms with Crippen molar-refractivity contribution < 1.29 is 33.0 Å². The third-order valence-corrected chi connectivity index (χ3v) is 9.44. The third-order valence-electron chi connectivity index (χ3n) is 9.44. The molecule has 5 rings (SSSR count). The smallest absolute Gasteiger partial charge is 0.409 e. The first-order chi connectivity index (χ1) is 21.4. The highest BCUT2D eigenvalue weighted by molar-refractivity contribution is 5.91. The van der Waals surface area contributed by atoms with Crippen molar-refractivity contribution in [1.29, 1.82) is 0 Å². The number of carbonyl (C=O) groups is 4. The Labute approximate surface area is 263 Å². The molecule has 11 nitrogen and oxygen atoms in total. The van der Waals surface area contributed by atoms with Crippen LogP contribution >= 0.6 is 0 Å². The lowest BCUT2D eigenvalue weighted by Crippen LogP contribution is -2.57. The number of likely N-dealkylation sites (tertiary alicyclic amines) is 2. The molecule has 0 radical (unpaired) electrons. The van der Waals surface area contributed by atoms with Crippen LogP contribution in [0.4, 0.5) is 9.18 Å². The Morgan fingerprint density at radius 1 is 1.09 bits per heavy atom. The highest BCUT2D eigenvalue weighted by Gasteiger charge is 2.54. The number of nitrogens with zero attached hydrogens (tertiary/aromatic N) is 2. The SMILES string of the molecule is COC(=O)N1CC(c2c[nH]c3cc(F)ccc23)C2C1CCN2C(=O)C(NC(=O)C(C)NCC(=O)OC(C)(C)C)C1CCCCC1. The van der Waals surface area contributed by atoms with Gasteiger partial charge < -0.3 is 29.6 Å². The zero-order valence-electron chi connectivity index (χ0n) is 26.9. The molecule has 2 saturated heterocycles. The van der Waals surface area contributed by atoms with Crippen molar-refractivity contribution in [3.63, 3.8) is 0 Å². The predicted octanol–water partition coefficient (Wildman–Crippen LogP) is 3.83. The number of benzene rings is 1. The molecule has 3 N–H and O–H groups in total. The second-order valence-corrected chi connectivity index (χ2v) is 13.6. The molecule has 1 saturated carbocycles. The van der Waals surface area contributed by atoms with E-state index in [-0.39, 0.29) is 48.1 Å². The number of aromatic nitrogens is 1. The monoisotopic (exact) mass is 627 g/mol. The van der Waals surface area contributed by atoms with E-state index in [1.807, 2.05) is 11.1 Å². The zero-order valence-corrected chi connectivity index (χ0v) is 26.9. The highest BCUT2D eigenvalue weighted by Crippen LogP contribution is 2.44. The number of amides is 3. The molecular weight excluding hydrogens is 581 g/mol. The van der Waals surface area contributed by atoms with E-state index in [9.17, 15) is 23.6 Å². The lowest BCUT2D eigenvalue weighted by atomic mass is 9.82. The maximum Gasteiger partial charge on any atom is 0.409 e. The second kappa shape index (κ2) is 13.4. The molecule has 1 aliphatic carbocycles. The number of aromatic amines is 1. The number of carbonyl (C=O) groups excluding carboxylic acids is 4. The molecule has 2 aliphatic heterocycles. The number of hydrogen-bond acceptors (Lipinski definition) is 7. The van der Waals surface area contributed by atoms with Crippen molar-refractivity contribution in [3.8, 4) is 0 Å². The van der Waals surface area contributed by atoms with E-state index >= 15 is 0 Å². The Morgan fingerprint density at radius 3 is 2.51 bits per heavy atom. The fraction of sp³-hybridized carbons (Fsp3) is 0.636. The van der Waals surface area contributed by atoms with E-state index in [2.05, 4.69) is 15.6 Å². The summed E-state index contributed by atoms with van der Waals surface area (Å²) in [6.45, 7) is 7.65. The van der Waals surface area contributed by atoms with Crippen molar-refractivity contribution in [3.05, 3.63) is 35.8 Å². The fourth-order valence-corrected chi connectivity index (χ4v) is 7.39. The van der Waals surface area contributed by atoms with Crippen molar-refractivity contribution in [2.24, 2.45) is 5.92 Å². The van der Waals surface area contributed by atoms with Crippen LogP contribution in [0.5, 0.6) is 0 Å². The topological polar surface area (TPSA) is 133 Å². The molecule has 12 heteroatoms. The van der Waals surface area contributed by atoms with Crippen LogP contribution in [0.25, 0.3) is 10.9 Å². The van der Waals surface area contributed by atoms with Crippen LogP contribution in [0, 0.1) is 11.7 Å². The molecule has 3 aliphatic rings. The summed E-state index contributed by atoms with van der Waals surface area (Å²) in [5.41, 5.74) is 0.916. The molecule has 0 spiro atoms. The number of methoxy groups -OCH3 is 1. The number of rotatable bonds is 8. The van der Waals surface area contributed by atoms with Gasteiger partial charge in [-0.2, -0.15) is 0 Å². The molecule has 45 heavy (non-hydrogen) atoms. The summed E-state index contributed by atoms with van der Waals surface area (Å²) in [6.07, 6.45) is 6.67. The van der Waals surface area contributed by atoms with Crippen molar-refractivity contribution in [1.82, 2.24) is 25.4 Å². The quantitative estimate of drug-likeness (QED) is 0.379. The van der Waals surface area contributed by atoms with E-state index in [0.29, 0.717) is 25.0 Å². The molecule has 5 atom stereocenters. The minimum absolute atomic E-state index is 0.0278. The average Bonchev–Trinajstić information content (AvgIpc) is 3.71. The van der Waals surface area contributed by atoms with Gasteiger partial charge in [0, 0.05) is 36.1 Å². The number of fused-ring (bicyclic) bond motifs is 2. The zero-order chi connectivity index (χ0) is 32.5. The van der Waals surface area contributed by atoms with Crippen LogP contribution in [0.1, 0.15) is 77.7 Å². The molecule has 3 amide bonds.